The lowest BCUT2D eigenvalue weighted by atomic mass is 10.0. The van der Waals surface area contributed by atoms with Crippen molar-refractivity contribution in [2.24, 2.45) is 0 Å². The molecule has 0 amide bonds. The predicted molar refractivity (Wildman–Crippen MR) is 101 cm³/mol. The molecule has 2 aromatic carbocycles. The van der Waals surface area contributed by atoms with E-state index in [2.05, 4.69) is 0 Å². The molecular weight excluding hydrogens is 368 g/mol. The van der Waals surface area contributed by atoms with Gasteiger partial charge in [-0.2, -0.15) is 0 Å². The first-order chi connectivity index (χ1) is 13.2. The summed E-state index contributed by atoms with van der Waals surface area (Å²) >= 11 is 0. The summed E-state index contributed by atoms with van der Waals surface area (Å²) in [6.45, 7) is 1.87. The van der Waals surface area contributed by atoms with Gasteiger partial charge in [0.2, 0.25) is 0 Å². The zero-order chi connectivity index (χ0) is 21.3. The fraction of sp³-hybridized carbons (Fsp3) is 0.100. The van der Waals surface area contributed by atoms with Crippen molar-refractivity contribution in [2.75, 3.05) is 0 Å². The molecule has 0 radical (unpaired) electrons. The van der Waals surface area contributed by atoms with Crippen LogP contribution in [0.25, 0.3) is 0 Å². The number of hydrogen-bond acceptors (Lipinski definition) is 6. The number of aromatic carboxylic acids is 2. The second-order valence-corrected chi connectivity index (χ2v) is 5.43. The molecule has 8 nitrogen and oxygen atoms in total. The van der Waals surface area contributed by atoms with Crippen LogP contribution in [0.4, 0.5) is 0 Å². The number of carbonyl (C=O) groups is 2. The van der Waals surface area contributed by atoms with E-state index in [4.69, 9.17) is 20.4 Å². The summed E-state index contributed by atoms with van der Waals surface area (Å²) in [5, 5.41) is 54.2. The van der Waals surface area contributed by atoms with Gasteiger partial charge in [-0.1, -0.05) is 24.3 Å². The number of benzene rings is 2. The van der Waals surface area contributed by atoms with E-state index in [0.717, 1.165) is 12.1 Å². The quantitative estimate of drug-likeness (QED) is 0.426. The molecule has 2 aromatic rings. The average molecular weight is 388 g/mol. The van der Waals surface area contributed by atoms with Gasteiger partial charge < -0.3 is 30.6 Å². The Labute approximate surface area is 160 Å². The molecule has 0 aliphatic heterocycles. The summed E-state index contributed by atoms with van der Waals surface area (Å²) in [6, 6.07) is 5.74. The Morgan fingerprint density at radius 2 is 1.46 bits per heavy atom. The fourth-order valence-corrected chi connectivity index (χ4v) is 2.08. The Kier molecular flexibility index (Phi) is 8.10. The fourth-order valence-electron chi connectivity index (χ4n) is 2.08. The zero-order valence-electron chi connectivity index (χ0n) is 14.9. The van der Waals surface area contributed by atoms with Gasteiger partial charge in [0.1, 0.15) is 34.1 Å². The van der Waals surface area contributed by atoms with Crippen LogP contribution in [0.15, 0.2) is 54.6 Å². The standard InChI is InChI=1S/C13H14O4.C7H6O4/c1-2-3-4-5-6-9-11(14)8-7-10(12(9)15)13(16)17;8-4-1-2-5(7(10)11)6(9)3-4/h2-5,7-8,14-15H,6H2,1H3,(H,16,17);1-3,8-9H,(H,10,11). The molecule has 0 spiro atoms. The van der Waals surface area contributed by atoms with Gasteiger partial charge in [0.15, 0.2) is 0 Å². The Morgan fingerprint density at radius 3 is 2.00 bits per heavy atom. The molecule has 0 aliphatic carbocycles. The lowest BCUT2D eigenvalue weighted by Gasteiger charge is -2.07. The van der Waals surface area contributed by atoms with E-state index in [9.17, 15) is 19.8 Å². The Morgan fingerprint density at radius 1 is 0.857 bits per heavy atom. The molecule has 28 heavy (non-hydrogen) atoms. The van der Waals surface area contributed by atoms with Crippen molar-refractivity contribution >= 4 is 11.9 Å². The third-order valence-electron chi connectivity index (χ3n) is 3.46. The molecule has 0 unspecified atom stereocenters. The first-order valence-electron chi connectivity index (χ1n) is 7.99. The summed E-state index contributed by atoms with van der Waals surface area (Å²) in [4.78, 5) is 21.1. The van der Waals surface area contributed by atoms with Crippen LogP contribution in [0.1, 0.15) is 33.2 Å². The molecule has 148 valence electrons. The minimum absolute atomic E-state index is 0.113. The number of rotatable bonds is 5. The number of phenolic OH excluding ortho intramolecular Hbond substituents is 2. The van der Waals surface area contributed by atoms with Crippen LogP contribution in [0.2, 0.25) is 0 Å². The van der Waals surface area contributed by atoms with Crippen molar-refractivity contribution in [1.29, 1.82) is 0 Å². The first kappa shape index (κ1) is 22.1. The molecule has 0 saturated carbocycles. The highest BCUT2D eigenvalue weighted by molar-refractivity contribution is 5.92. The monoisotopic (exact) mass is 388 g/mol. The lowest BCUT2D eigenvalue weighted by Crippen LogP contribution is -1.99. The van der Waals surface area contributed by atoms with Gasteiger partial charge in [-0.3, -0.25) is 0 Å². The molecule has 0 heterocycles. The average Bonchev–Trinajstić information content (AvgIpc) is 2.60. The maximum Gasteiger partial charge on any atom is 0.339 e. The van der Waals surface area contributed by atoms with Gasteiger partial charge in [-0.05, 0) is 37.6 Å². The third-order valence-corrected chi connectivity index (χ3v) is 3.46. The number of aromatic hydroxyl groups is 4. The molecule has 0 atom stereocenters. The Hall–Kier alpha value is -3.94. The zero-order valence-corrected chi connectivity index (χ0v) is 14.9. The molecule has 0 fully saturated rings. The van der Waals surface area contributed by atoms with Gasteiger partial charge in [0, 0.05) is 11.6 Å². The van der Waals surface area contributed by atoms with E-state index >= 15 is 0 Å². The first-order valence-corrected chi connectivity index (χ1v) is 7.99. The van der Waals surface area contributed by atoms with Crippen molar-refractivity contribution in [1.82, 2.24) is 0 Å². The van der Waals surface area contributed by atoms with E-state index < -0.39 is 17.7 Å². The van der Waals surface area contributed by atoms with Crippen LogP contribution < -0.4 is 0 Å². The number of hydrogen-bond donors (Lipinski definition) is 6. The number of allylic oxidation sites excluding steroid dienone is 4. The maximum absolute atomic E-state index is 10.8. The van der Waals surface area contributed by atoms with Gasteiger partial charge in [-0.25, -0.2) is 9.59 Å². The van der Waals surface area contributed by atoms with E-state index in [-0.39, 0.29) is 40.4 Å². The van der Waals surface area contributed by atoms with Crippen LogP contribution in [0.5, 0.6) is 23.0 Å². The van der Waals surface area contributed by atoms with Crippen LogP contribution in [-0.2, 0) is 6.42 Å². The molecule has 0 aromatic heterocycles. The topological polar surface area (TPSA) is 156 Å². The summed E-state index contributed by atoms with van der Waals surface area (Å²) < 4.78 is 0. The Balaban J connectivity index is 0.000000307. The molecule has 8 heteroatoms. The highest BCUT2D eigenvalue weighted by Gasteiger charge is 2.15. The molecule has 0 aliphatic rings. The van der Waals surface area contributed by atoms with Gasteiger partial charge >= 0.3 is 11.9 Å². The smallest absolute Gasteiger partial charge is 0.339 e. The lowest BCUT2D eigenvalue weighted by molar-refractivity contribution is 0.0682. The van der Waals surface area contributed by atoms with E-state index in [1.807, 2.05) is 13.0 Å². The van der Waals surface area contributed by atoms with Crippen molar-refractivity contribution in [2.45, 2.75) is 13.3 Å². The van der Waals surface area contributed by atoms with Crippen LogP contribution in [0, 0.1) is 0 Å². The van der Waals surface area contributed by atoms with E-state index in [1.54, 1.807) is 18.2 Å². The molecular formula is C20H20O8. The van der Waals surface area contributed by atoms with Gasteiger partial charge in [0.25, 0.3) is 0 Å². The SMILES string of the molecule is CC=CC=CCc1c(O)ccc(C(=O)O)c1O.O=C(O)c1ccc(O)cc1O. The molecule has 2 rings (SSSR count). The summed E-state index contributed by atoms with van der Waals surface area (Å²) in [5.41, 5.74) is -0.217. The predicted octanol–water partition coefficient (Wildman–Crippen LogP) is 3.27. The summed E-state index contributed by atoms with van der Waals surface area (Å²) in [7, 11) is 0. The van der Waals surface area contributed by atoms with Gasteiger partial charge in [-0.15, -0.1) is 0 Å². The molecule has 0 bridgehead atoms. The highest BCUT2D eigenvalue weighted by Crippen LogP contribution is 2.31. The van der Waals surface area contributed by atoms with Crippen molar-refractivity contribution < 1.29 is 40.2 Å². The van der Waals surface area contributed by atoms with E-state index in [1.165, 1.54) is 18.2 Å². The second kappa shape index (κ2) is 10.3. The van der Waals surface area contributed by atoms with Crippen LogP contribution >= 0.6 is 0 Å². The summed E-state index contributed by atoms with van der Waals surface area (Å²) in [5.74, 6) is -3.53. The maximum atomic E-state index is 10.8. The van der Waals surface area contributed by atoms with Crippen molar-refractivity contribution in [3.63, 3.8) is 0 Å². The third kappa shape index (κ3) is 6.10. The van der Waals surface area contributed by atoms with Gasteiger partial charge in [0.05, 0.1) is 0 Å². The Bertz CT molecular complexity index is 913. The number of carboxylic acids is 2. The van der Waals surface area contributed by atoms with Crippen LogP contribution in [-0.4, -0.2) is 42.6 Å². The van der Waals surface area contributed by atoms with Crippen molar-refractivity contribution in [3.05, 3.63) is 71.3 Å². The second-order valence-electron chi connectivity index (χ2n) is 5.43. The summed E-state index contributed by atoms with van der Waals surface area (Å²) in [6.07, 6.45) is 7.38. The van der Waals surface area contributed by atoms with Crippen molar-refractivity contribution in [3.8, 4) is 23.0 Å². The molecule has 6 N–H and O–H groups in total. The molecule has 0 saturated heterocycles. The van der Waals surface area contributed by atoms with E-state index in [0.29, 0.717) is 0 Å². The largest absolute Gasteiger partial charge is 0.508 e. The number of phenols is 4. The normalized spacial score (nSPS) is 10.6. The highest BCUT2D eigenvalue weighted by atomic mass is 16.4. The van der Waals surface area contributed by atoms with Crippen LogP contribution in [0.3, 0.4) is 0 Å². The minimum atomic E-state index is -1.22. The minimum Gasteiger partial charge on any atom is -0.508 e. The number of carboxylic acid groups (broad SMARTS) is 2.